The molecule has 1 fully saturated rings. The lowest BCUT2D eigenvalue weighted by molar-refractivity contribution is -0.137. The van der Waals surface area contributed by atoms with Crippen molar-refractivity contribution in [3.05, 3.63) is 34.3 Å². The lowest BCUT2D eigenvalue weighted by atomic mass is 9.89. The normalized spacial score (nSPS) is 17.3. The number of alkyl halides is 3. The van der Waals surface area contributed by atoms with Gasteiger partial charge in [0.25, 0.3) is 0 Å². The van der Waals surface area contributed by atoms with Crippen LogP contribution >= 0.6 is 24.0 Å². The molecule has 6 heteroatoms. The molecule has 2 rings (SSSR count). The number of nitrogens with one attached hydrogen (secondary N) is 1. The van der Waals surface area contributed by atoms with Crippen LogP contribution in [0.25, 0.3) is 0 Å². The van der Waals surface area contributed by atoms with Crippen LogP contribution in [0.15, 0.2) is 18.2 Å². The van der Waals surface area contributed by atoms with Crippen LogP contribution in [0.5, 0.6) is 0 Å². The summed E-state index contributed by atoms with van der Waals surface area (Å²) < 4.78 is 37.4. The van der Waals surface area contributed by atoms with Gasteiger partial charge in [0.05, 0.1) is 5.56 Å². The number of rotatable bonds is 1. The average molecular weight is 300 g/mol. The van der Waals surface area contributed by atoms with Crippen molar-refractivity contribution in [1.82, 2.24) is 5.32 Å². The number of piperidine rings is 1. The maximum atomic E-state index is 12.5. The molecule has 18 heavy (non-hydrogen) atoms. The fourth-order valence-electron chi connectivity index (χ4n) is 2.17. The highest BCUT2D eigenvalue weighted by Gasteiger charge is 2.31. The molecule has 0 bridgehead atoms. The molecule has 0 aromatic heterocycles. The lowest BCUT2D eigenvalue weighted by Gasteiger charge is -2.24. The second-order valence-electron chi connectivity index (χ2n) is 4.26. The Morgan fingerprint density at radius 2 is 1.78 bits per heavy atom. The van der Waals surface area contributed by atoms with Gasteiger partial charge in [0, 0.05) is 5.02 Å². The van der Waals surface area contributed by atoms with Gasteiger partial charge in [-0.25, -0.2) is 0 Å². The van der Waals surface area contributed by atoms with Crippen LogP contribution in [0.2, 0.25) is 5.02 Å². The third-order valence-corrected chi connectivity index (χ3v) is 3.43. The first-order valence-electron chi connectivity index (χ1n) is 5.56. The van der Waals surface area contributed by atoms with E-state index in [0.717, 1.165) is 43.6 Å². The van der Waals surface area contributed by atoms with Gasteiger partial charge < -0.3 is 5.32 Å². The van der Waals surface area contributed by atoms with Gasteiger partial charge in [-0.3, -0.25) is 0 Å². The quantitative estimate of drug-likeness (QED) is 0.817. The second kappa shape index (κ2) is 6.13. The van der Waals surface area contributed by atoms with Crippen LogP contribution < -0.4 is 5.32 Å². The van der Waals surface area contributed by atoms with Crippen molar-refractivity contribution in [2.75, 3.05) is 13.1 Å². The van der Waals surface area contributed by atoms with E-state index in [1.165, 1.54) is 6.07 Å². The van der Waals surface area contributed by atoms with Gasteiger partial charge in [0.1, 0.15) is 0 Å². The highest BCUT2D eigenvalue weighted by Crippen LogP contribution is 2.36. The molecule has 1 nitrogen and oxygen atoms in total. The van der Waals surface area contributed by atoms with Gasteiger partial charge in [-0.1, -0.05) is 17.7 Å². The lowest BCUT2D eigenvalue weighted by Crippen LogP contribution is -2.26. The van der Waals surface area contributed by atoms with Crippen molar-refractivity contribution in [2.24, 2.45) is 0 Å². The zero-order chi connectivity index (χ0) is 12.5. The van der Waals surface area contributed by atoms with Crippen LogP contribution in [0.4, 0.5) is 13.2 Å². The molecule has 0 unspecified atom stereocenters. The summed E-state index contributed by atoms with van der Waals surface area (Å²) in [6.45, 7) is 1.78. The van der Waals surface area contributed by atoms with E-state index < -0.39 is 11.7 Å². The molecule has 1 aliphatic rings. The summed E-state index contributed by atoms with van der Waals surface area (Å²) in [5.41, 5.74) is 0.154. The number of hydrogen-bond acceptors (Lipinski definition) is 1. The standard InChI is InChI=1S/C12H13ClF3N.ClH/c13-11-7-9(12(14,15)16)1-2-10(11)8-3-5-17-6-4-8;/h1-2,7-8,17H,3-6H2;1H. The molecule has 1 saturated heterocycles. The van der Waals surface area contributed by atoms with Gasteiger partial charge in [-0.05, 0) is 49.5 Å². The predicted octanol–water partition coefficient (Wildman–Crippen LogP) is 4.25. The van der Waals surface area contributed by atoms with Gasteiger partial charge in [-0.15, -0.1) is 12.4 Å². The van der Waals surface area contributed by atoms with Gasteiger partial charge >= 0.3 is 6.18 Å². The summed E-state index contributed by atoms with van der Waals surface area (Å²) in [5, 5.41) is 3.44. The molecule has 1 N–H and O–H groups in total. The number of halogens is 5. The van der Waals surface area contributed by atoms with Crippen LogP contribution in [0.3, 0.4) is 0 Å². The Balaban J connectivity index is 0.00000162. The van der Waals surface area contributed by atoms with Gasteiger partial charge in [0.15, 0.2) is 0 Å². The van der Waals surface area contributed by atoms with E-state index in [-0.39, 0.29) is 23.3 Å². The first-order chi connectivity index (χ1) is 7.98. The highest BCUT2D eigenvalue weighted by molar-refractivity contribution is 6.31. The Hall–Kier alpha value is -0.450. The molecule has 102 valence electrons. The molecular formula is C12H14Cl2F3N. The van der Waals surface area contributed by atoms with Crippen molar-refractivity contribution in [3.8, 4) is 0 Å². The molecule has 1 heterocycles. The maximum absolute atomic E-state index is 12.5. The molecule has 0 saturated carbocycles. The molecule has 0 amide bonds. The van der Waals surface area contributed by atoms with Crippen LogP contribution in [-0.4, -0.2) is 13.1 Å². The summed E-state index contributed by atoms with van der Waals surface area (Å²) in [6, 6.07) is 3.66. The molecule has 0 spiro atoms. The Bertz CT molecular complexity index is 401. The van der Waals surface area contributed by atoms with Crippen molar-refractivity contribution in [3.63, 3.8) is 0 Å². The Morgan fingerprint density at radius 3 is 2.28 bits per heavy atom. The molecule has 0 radical (unpaired) electrons. The van der Waals surface area contributed by atoms with Crippen LogP contribution in [-0.2, 0) is 6.18 Å². The molecule has 0 atom stereocenters. The predicted molar refractivity (Wildman–Crippen MR) is 68.5 cm³/mol. The Labute approximate surface area is 115 Å². The fourth-order valence-corrected chi connectivity index (χ4v) is 2.50. The zero-order valence-electron chi connectivity index (χ0n) is 9.56. The van der Waals surface area contributed by atoms with E-state index in [1.54, 1.807) is 0 Å². The summed E-state index contributed by atoms with van der Waals surface area (Å²) >= 11 is 5.95. The molecule has 1 aromatic rings. The smallest absolute Gasteiger partial charge is 0.317 e. The summed E-state index contributed by atoms with van der Waals surface area (Å²) in [4.78, 5) is 0. The van der Waals surface area contributed by atoms with E-state index in [9.17, 15) is 13.2 Å². The second-order valence-corrected chi connectivity index (χ2v) is 4.67. The summed E-state index contributed by atoms with van der Waals surface area (Å²) in [6.07, 6.45) is -2.48. The van der Waals surface area contributed by atoms with E-state index >= 15 is 0 Å². The van der Waals surface area contributed by atoms with Gasteiger partial charge in [-0.2, -0.15) is 13.2 Å². The first kappa shape index (κ1) is 15.6. The number of hydrogen-bond donors (Lipinski definition) is 1. The zero-order valence-corrected chi connectivity index (χ0v) is 11.1. The molecule has 0 aliphatic carbocycles. The third-order valence-electron chi connectivity index (χ3n) is 3.11. The fraction of sp³-hybridized carbons (Fsp3) is 0.500. The van der Waals surface area contributed by atoms with Crippen molar-refractivity contribution < 1.29 is 13.2 Å². The Morgan fingerprint density at radius 1 is 1.17 bits per heavy atom. The third kappa shape index (κ3) is 3.53. The molecule has 1 aromatic carbocycles. The average Bonchev–Trinajstić information content (AvgIpc) is 2.29. The molecular weight excluding hydrogens is 286 g/mol. The number of benzene rings is 1. The van der Waals surface area contributed by atoms with Crippen LogP contribution in [0, 0.1) is 0 Å². The SMILES string of the molecule is Cl.FC(F)(F)c1ccc(C2CCNCC2)c(Cl)c1. The Kier molecular flexibility index (Phi) is 5.32. The first-order valence-corrected chi connectivity index (χ1v) is 5.93. The summed E-state index contributed by atoms with van der Waals surface area (Å²) in [7, 11) is 0. The monoisotopic (exact) mass is 299 g/mol. The van der Waals surface area contributed by atoms with Crippen LogP contribution in [0.1, 0.15) is 29.9 Å². The van der Waals surface area contributed by atoms with Crippen molar-refractivity contribution >= 4 is 24.0 Å². The summed E-state index contributed by atoms with van der Waals surface area (Å²) in [5.74, 6) is 0.269. The maximum Gasteiger partial charge on any atom is 0.416 e. The van der Waals surface area contributed by atoms with Crippen molar-refractivity contribution in [2.45, 2.75) is 24.9 Å². The van der Waals surface area contributed by atoms with Gasteiger partial charge in [0.2, 0.25) is 0 Å². The highest BCUT2D eigenvalue weighted by atomic mass is 35.5. The minimum atomic E-state index is -4.32. The minimum absolute atomic E-state index is 0. The van der Waals surface area contributed by atoms with Crippen molar-refractivity contribution in [1.29, 1.82) is 0 Å². The van der Waals surface area contributed by atoms with E-state index in [2.05, 4.69) is 5.32 Å². The van der Waals surface area contributed by atoms with E-state index in [0.29, 0.717) is 0 Å². The van der Waals surface area contributed by atoms with E-state index in [1.807, 2.05) is 0 Å². The minimum Gasteiger partial charge on any atom is -0.317 e. The molecule has 1 aliphatic heterocycles. The van der Waals surface area contributed by atoms with E-state index in [4.69, 9.17) is 11.6 Å². The topological polar surface area (TPSA) is 12.0 Å². The largest absolute Gasteiger partial charge is 0.416 e.